The second-order valence-corrected chi connectivity index (χ2v) is 3.38. The minimum Gasteiger partial charge on any atom is -0.491 e. The predicted octanol–water partition coefficient (Wildman–Crippen LogP) is 1.92. The smallest absolute Gasteiger partial charge is 0.491 e. The topological polar surface area (TPSA) is 68.7 Å². The highest BCUT2D eigenvalue weighted by Gasteiger charge is 2.34. The number of carboxylic acids is 1. The molecule has 1 rings (SSSR count). The van der Waals surface area contributed by atoms with Crippen molar-refractivity contribution in [3.63, 3.8) is 0 Å². The molecule has 0 aliphatic heterocycles. The summed E-state index contributed by atoms with van der Waals surface area (Å²) in [4.78, 5) is 14.1. The van der Waals surface area contributed by atoms with Crippen molar-refractivity contribution in [1.29, 1.82) is 0 Å². The molecular weight excluding hydrogens is 255 g/mol. The summed E-state index contributed by atoms with van der Waals surface area (Å²) in [5.41, 5.74) is 0.503. The Morgan fingerprint density at radius 3 is 2.56 bits per heavy atom. The summed E-state index contributed by atoms with van der Waals surface area (Å²) in [6.45, 7) is 1.52. The first kappa shape index (κ1) is 14.1. The van der Waals surface area contributed by atoms with Crippen molar-refractivity contribution in [3.05, 3.63) is 17.3 Å². The number of halogens is 3. The molecule has 1 aromatic rings. The molecule has 0 radical (unpaired) electrons. The van der Waals surface area contributed by atoms with E-state index < -0.39 is 24.6 Å². The fourth-order valence-electron chi connectivity index (χ4n) is 1.36. The lowest BCUT2D eigenvalue weighted by Crippen LogP contribution is -2.19. The van der Waals surface area contributed by atoms with Gasteiger partial charge in [-0.25, -0.2) is 4.98 Å². The molecule has 0 aliphatic carbocycles. The summed E-state index contributed by atoms with van der Waals surface area (Å²) >= 11 is 0. The Hall–Kier alpha value is -1.99. The van der Waals surface area contributed by atoms with Crippen LogP contribution < -0.4 is 9.47 Å². The third-order valence-electron chi connectivity index (χ3n) is 2.06. The zero-order valence-electron chi connectivity index (χ0n) is 9.54. The number of methoxy groups -OCH3 is 1. The molecule has 8 heteroatoms. The molecule has 0 aliphatic rings. The van der Waals surface area contributed by atoms with E-state index in [1.807, 2.05) is 0 Å². The van der Waals surface area contributed by atoms with Gasteiger partial charge in [0.15, 0.2) is 5.75 Å². The largest absolute Gasteiger partial charge is 0.574 e. The Labute approximate surface area is 100 Å². The lowest BCUT2D eigenvalue weighted by molar-refractivity contribution is -0.276. The van der Waals surface area contributed by atoms with Crippen LogP contribution in [-0.2, 0) is 11.2 Å². The minimum absolute atomic E-state index is 0.0965. The molecule has 1 aromatic heterocycles. The van der Waals surface area contributed by atoms with Gasteiger partial charge in [-0.05, 0) is 12.5 Å². The summed E-state index contributed by atoms with van der Waals surface area (Å²) in [6, 6.07) is 0. The Bertz CT molecular complexity index is 459. The Kier molecular flexibility index (Phi) is 4.00. The van der Waals surface area contributed by atoms with E-state index >= 15 is 0 Å². The van der Waals surface area contributed by atoms with Gasteiger partial charge < -0.3 is 14.6 Å². The van der Waals surface area contributed by atoms with Crippen LogP contribution in [0.2, 0.25) is 0 Å². The normalized spacial score (nSPS) is 11.2. The zero-order chi connectivity index (χ0) is 13.9. The van der Waals surface area contributed by atoms with Crippen LogP contribution in [0.4, 0.5) is 13.2 Å². The molecular formula is C10H10F3NO4. The molecule has 0 spiro atoms. The molecule has 1 N–H and O–H groups in total. The van der Waals surface area contributed by atoms with Crippen LogP contribution in [0.15, 0.2) is 6.20 Å². The standard InChI is InChI=1S/C10H10F3NO4/c1-5-4-14-9(18-10(11,12)13)8(17-2)6(5)3-7(15)16/h4H,3H2,1-2H3,(H,15,16). The lowest BCUT2D eigenvalue weighted by atomic mass is 10.1. The number of carboxylic acid groups (broad SMARTS) is 1. The predicted molar refractivity (Wildman–Crippen MR) is 53.5 cm³/mol. The van der Waals surface area contributed by atoms with Crippen molar-refractivity contribution in [1.82, 2.24) is 4.98 Å². The molecule has 0 unspecified atom stereocenters. The third-order valence-corrected chi connectivity index (χ3v) is 2.06. The average Bonchev–Trinajstić information content (AvgIpc) is 2.20. The van der Waals surface area contributed by atoms with E-state index in [0.29, 0.717) is 5.56 Å². The maximum absolute atomic E-state index is 12.1. The van der Waals surface area contributed by atoms with E-state index in [9.17, 15) is 18.0 Å². The monoisotopic (exact) mass is 265 g/mol. The average molecular weight is 265 g/mol. The third kappa shape index (κ3) is 3.51. The van der Waals surface area contributed by atoms with Gasteiger partial charge in [-0.2, -0.15) is 0 Å². The number of pyridine rings is 1. The lowest BCUT2D eigenvalue weighted by Gasteiger charge is -2.15. The number of alkyl halides is 3. The highest BCUT2D eigenvalue weighted by molar-refractivity contribution is 5.72. The number of rotatable bonds is 4. The van der Waals surface area contributed by atoms with E-state index in [0.717, 1.165) is 13.3 Å². The number of hydrogen-bond donors (Lipinski definition) is 1. The maximum atomic E-state index is 12.1. The van der Waals surface area contributed by atoms with E-state index in [-0.39, 0.29) is 11.3 Å². The fourth-order valence-corrected chi connectivity index (χ4v) is 1.36. The summed E-state index contributed by atoms with van der Waals surface area (Å²) < 4.78 is 44.8. The van der Waals surface area contributed by atoms with Gasteiger partial charge in [0, 0.05) is 11.8 Å². The van der Waals surface area contributed by atoms with Crippen molar-refractivity contribution in [2.75, 3.05) is 7.11 Å². The van der Waals surface area contributed by atoms with Crippen molar-refractivity contribution < 1.29 is 32.5 Å². The van der Waals surface area contributed by atoms with E-state index in [1.165, 1.54) is 6.92 Å². The molecule has 0 saturated heterocycles. The number of aliphatic carboxylic acids is 1. The Morgan fingerprint density at radius 2 is 2.11 bits per heavy atom. The van der Waals surface area contributed by atoms with Crippen LogP contribution >= 0.6 is 0 Å². The summed E-state index contributed by atoms with van der Waals surface area (Å²) in [5.74, 6) is -2.32. The Morgan fingerprint density at radius 1 is 1.50 bits per heavy atom. The molecule has 0 amide bonds. The number of nitrogens with zero attached hydrogens (tertiary/aromatic N) is 1. The van der Waals surface area contributed by atoms with E-state index in [2.05, 4.69) is 9.72 Å². The van der Waals surface area contributed by atoms with Crippen molar-refractivity contribution in [2.45, 2.75) is 19.7 Å². The van der Waals surface area contributed by atoms with Crippen molar-refractivity contribution >= 4 is 5.97 Å². The highest BCUT2D eigenvalue weighted by Crippen LogP contribution is 2.34. The van der Waals surface area contributed by atoms with Gasteiger partial charge in [0.2, 0.25) is 0 Å². The first-order valence-corrected chi connectivity index (χ1v) is 4.74. The molecule has 0 atom stereocenters. The van der Waals surface area contributed by atoms with Crippen LogP contribution in [-0.4, -0.2) is 29.5 Å². The van der Waals surface area contributed by atoms with Gasteiger partial charge in [0.1, 0.15) is 0 Å². The maximum Gasteiger partial charge on any atom is 0.574 e. The second-order valence-electron chi connectivity index (χ2n) is 3.38. The zero-order valence-corrected chi connectivity index (χ0v) is 9.54. The quantitative estimate of drug-likeness (QED) is 0.900. The molecule has 5 nitrogen and oxygen atoms in total. The number of carbonyl (C=O) groups is 1. The number of aromatic nitrogens is 1. The van der Waals surface area contributed by atoms with Crippen LogP contribution in [0, 0.1) is 6.92 Å². The summed E-state index contributed by atoms with van der Waals surface area (Å²) in [7, 11) is 1.12. The van der Waals surface area contributed by atoms with E-state index in [1.54, 1.807) is 0 Å². The number of hydrogen-bond acceptors (Lipinski definition) is 4. The van der Waals surface area contributed by atoms with Crippen LogP contribution in [0.5, 0.6) is 11.6 Å². The minimum atomic E-state index is -4.92. The summed E-state index contributed by atoms with van der Waals surface area (Å²) in [6.07, 6.45) is -4.30. The first-order chi connectivity index (χ1) is 8.24. The Balaban J connectivity index is 3.24. The van der Waals surface area contributed by atoms with Crippen molar-refractivity contribution in [2.24, 2.45) is 0 Å². The van der Waals surface area contributed by atoms with Gasteiger partial charge in [-0.3, -0.25) is 4.79 Å². The highest BCUT2D eigenvalue weighted by atomic mass is 19.4. The molecule has 1 heterocycles. The number of ether oxygens (including phenoxy) is 2. The molecule has 0 aromatic carbocycles. The van der Waals surface area contributed by atoms with Gasteiger partial charge >= 0.3 is 12.3 Å². The molecule has 100 valence electrons. The first-order valence-electron chi connectivity index (χ1n) is 4.74. The number of aryl methyl sites for hydroxylation is 1. The summed E-state index contributed by atoms with van der Waals surface area (Å²) in [5, 5.41) is 8.70. The van der Waals surface area contributed by atoms with Gasteiger partial charge in [-0.15, -0.1) is 13.2 Å². The second kappa shape index (κ2) is 5.11. The van der Waals surface area contributed by atoms with Gasteiger partial charge in [0.25, 0.3) is 5.88 Å². The van der Waals surface area contributed by atoms with Gasteiger partial charge in [-0.1, -0.05) is 0 Å². The molecule has 0 saturated carbocycles. The van der Waals surface area contributed by atoms with Crippen LogP contribution in [0.3, 0.4) is 0 Å². The van der Waals surface area contributed by atoms with Gasteiger partial charge in [0.05, 0.1) is 13.5 Å². The molecule has 0 bridgehead atoms. The van der Waals surface area contributed by atoms with E-state index in [4.69, 9.17) is 9.84 Å². The SMILES string of the molecule is COc1c(OC(F)(F)F)ncc(C)c1CC(=O)O. The molecule has 0 fully saturated rings. The van der Waals surface area contributed by atoms with Crippen LogP contribution in [0.1, 0.15) is 11.1 Å². The van der Waals surface area contributed by atoms with Crippen LogP contribution in [0.25, 0.3) is 0 Å². The van der Waals surface area contributed by atoms with Crippen molar-refractivity contribution in [3.8, 4) is 11.6 Å². The molecule has 18 heavy (non-hydrogen) atoms. The fraction of sp³-hybridized carbons (Fsp3) is 0.400.